The summed E-state index contributed by atoms with van der Waals surface area (Å²) in [4.78, 5) is 8.06. The summed E-state index contributed by atoms with van der Waals surface area (Å²) in [7, 11) is 0. The summed E-state index contributed by atoms with van der Waals surface area (Å²) >= 11 is 3.43. The maximum Gasteiger partial charge on any atom is 0.144 e. The molecule has 82 valence electrons. The molecule has 0 aliphatic rings. The van der Waals surface area contributed by atoms with Crippen LogP contribution in [0.3, 0.4) is 0 Å². The van der Waals surface area contributed by atoms with Crippen LogP contribution in [0.15, 0.2) is 41.1 Å². The van der Waals surface area contributed by atoms with Gasteiger partial charge in [0.25, 0.3) is 0 Å². The van der Waals surface area contributed by atoms with Crippen LogP contribution in [0, 0.1) is 0 Å². The number of rotatable bonds is 3. The van der Waals surface area contributed by atoms with Crippen LogP contribution in [0.1, 0.15) is 5.56 Å². The molecule has 0 fully saturated rings. The third-order valence-corrected chi connectivity index (χ3v) is 2.53. The van der Waals surface area contributed by atoms with Crippen molar-refractivity contribution in [3.63, 3.8) is 0 Å². The Labute approximate surface area is 102 Å². The van der Waals surface area contributed by atoms with Gasteiger partial charge in [0, 0.05) is 11.0 Å². The number of aromatic nitrogens is 2. The molecular formula is C11H11BrN4. The van der Waals surface area contributed by atoms with Crippen LogP contribution in [-0.2, 0) is 6.54 Å². The second-order valence-electron chi connectivity index (χ2n) is 3.31. The molecule has 2 aromatic rings. The van der Waals surface area contributed by atoms with Crippen LogP contribution in [0.4, 0.5) is 11.6 Å². The van der Waals surface area contributed by atoms with Crippen molar-refractivity contribution < 1.29 is 0 Å². The van der Waals surface area contributed by atoms with Crippen molar-refractivity contribution in [3.8, 4) is 0 Å². The zero-order valence-corrected chi connectivity index (χ0v) is 10.1. The van der Waals surface area contributed by atoms with Crippen LogP contribution >= 0.6 is 15.9 Å². The summed E-state index contributed by atoms with van der Waals surface area (Å²) in [6.45, 7) is 0.706. The molecule has 0 bridgehead atoms. The predicted octanol–water partition coefficient (Wildman–Crippen LogP) is 2.43. The predicted molar refractivity (Wildman–Crippen MR) is 67.9 cm³/mol. The monoisotopic (exact) mass is 278 g/mol. The van der Waals surface area contributed by atoms with Crippen LogP contribution in [0.2, 0.25) is 0 Å². The maximum absolute atomic E-state index is 5.45. The number of nitrogens with zero attached hydrogens (tertiary/aromatic N) is 2. The van der Waals surface area contributed by atoms with Crippen molar-refractivity contribution in [3.05, 3.63) is 46.7 Å². The van der Waals surface area contributed by atoms with E-state index in [-0.39, 0.29) is 0 Å². The van der Waals surface area contributed by atoms with Gasteiger partial charge in [0.05, 0.1) is 12.4 Å². The fraction of sp³-hybridized carbons (Fsp3) is 0.0909. The number of anilines is 2. The number of nitrogen functional groups attached to an aromatic ring is 1. The second kappa shape index (κ2) is 4.94. The minimum absolute atomic E-state index is 0.424. The van der Waals surface area contributed by atoms with E-state index in [2.05, 4.69) is 37.3 Å². The van der Waals surface area contributed by atoms with Crippen molar-refractivity contribution >= 4 is 27.6 Å². The van der Waals surface area contributed by atoms with Gasteiger partial charge in [-0.1, -0.05) is 28.1 Å². The Morgan fingerprint density at radius 1 is 1.25 bits per heavy atom. The molecule has 1 aromatic carbocycles. The molecule has 0 unspecified atom stereocenters. The van der Waals surface area contributed by atoms with Gasteiger partial charge >= 0.3 is 0 Å². The van der Waals surface area contributed by atoms with Gasteiger partial charge in [-0.25, -0.2) is 9.97 Å². The summed E-state index contributed by atoms with van der Waals surface area (Å²) in [5.41, 5.74) is 6.62. The van der Waals surface area contributed by atoms with Gasteiger partial charge in [-0.3, -0.25) is 0 Å². The van der Waals surface area contributed by atoms with Gasteiger partial charge in [-0.15, -0.1) is 0 Å². The molecule has 4 nitrogen and oxygen atoms in total. The molecule has 0 amide bonds. The lowest BCUT2D eigenvalue weighted by atomic mass is 10.2. The number of nitrogens with one attached hydrogen (secondary N) is 1. The molecule has 0 radical (unpaired) electrons. The molecule has 0 spiro atoms. The summed E-state index contributed by atoms with van der Waals surface area (Å²) in [5.74, 6) is 1.14. The number of halogens is 1. The summed E-state index contributed by atoms with van der Waals surface area (Å²) < 4.78 is 1.06. The Hall–Kier alpha value is -1.62. The Kier molecular flexibility index (Phi) is 3.36. The lowest BCUT2D eigenvalue weighted by molar-refractivity contribution is 1.09. The average molecular weight is 279 g/mol. The van der Waals surface area contributed by atoms with Gasteiger partial charge in [-0.2, -0.15) is 0 Å². The van der Waals surface area contributed by atoms with Gasteiger partial charge in [-0.05, 0) is 17.7 Å². The first kappa shape index (κ1) is 10.9. The highest BCUT2D eigenvalue weighted by molar-refractivity contribution is 9.10. The van der Waals surface area contributed by atoms with E-state index in [9.17, 15) is 0 Å². The highest BCUT2D eigenvalue weighted by Crippen LogP contribution is 2.12. The molecule has 0 aliphatic carbocycles. The highest BCUT2D eigenvalue weighted by atomic mass is 79.9. The first-order valence-electron chi connectivity index (χ1n) is 4.80. The molecule has 0 saturated heterocycles. The third kappa shape index (κ3) is 2.93. The molecule has 0 atom stereocenters. The van der Waals surface area contributed by atoms with Crippen molar-refractivity contribution in [1.29, 1.82) is 0 Å². The lowest BCUT2D eigenvalue weighted by Crippen LogP contribution is -2.02. The molecule has 0 saturated carbocycles. The fourth-order valence-corrected chi connectivity index (χ4v) is 1.72. The van der Waals surface area contributed by atoms with E-state index in [1.165, 1.54) is 11.8 Å². The molecule has 1 heterocycles. The normalized spacial score (nSPS) is 10.1. The number of nitrogens with two attached hydrogens (primary N) is 1. The molecule has 1 aromatic heterocycles. The molecule has 16 heavy (non-hydrogen) atoms. The van der Waals surface area contributed by atoms with E-state index in [0.717, 1.165) is 4.47 Å². The van der Waals surface area contributed by atoms with E-state index in [1.807, 2.05) is 18.2 Å². The summed E-state index contributed by atoms with van der Waals surface area (Å²) in [5, 5.41) is 3.17. The van der Waals surface area contributed by atoms with Gasteiger partial charge in [0.1, 0.15) is 11.6 Å². The molecule has 2 rings (SSSR count). The topological polar surface area (TPSA) is 63.8 Å². The Morgan fingerprint density at radius 2 is 2.12 bits per heavy atom. The summed E-state index contributed by atoms with van der Waals surface area (Å²) in [6.07, 6.45) is 3.15. The van der Waals surface area contributed by atoms with Crippen molar-refractivity contribution in [2.24, 2.45) is 0 Å². The van der Waals surface area contributed by atoms with E-state index in [1.54, 1.807) is 6.20 Å². The SMILES string of the molecule is Nc1cnc(NCc2cccc(Br)c2)cn1. The van der Waals surface area contributed by atoms with Gasteiger partial charge in [0.2, 0.25) is 0 Å². The Bertz CT molecular complexity index is 470. The number of hydrogen-bond donors (Lipinski definition) is 2. The van der Waals surface area contributed by atoms with Crippen LogP contribution in [0.25, 0.3) is 0 Å². The van der Waals surface area contributed by atoms with Gasteiger partial charge < -0.3 is 11.1 Å². The van der Waals surface area contributed by atoms with Crippen molar-refractivity contribution in [2.45, 2.75) is 6.54 Å². The van der Waals surface area contributed by atoms with Crippen LogP contribution in [-0.4, -0.2) is 9.97 Å². The largest absolute Gasteiger partial charge is 0.382 e. The van der Waals surface area contributed by atoms with E-state index >= 15 is 0 Å². The fourth-order valence-electron chi connectivity index (χ4n) is 1.27. The summed E-state index contributed by atoms with van der Waals surface area (Å²) in [6, 6.07) is 8.09. The standard InChI is InChI=1S/C11H11BrN4/c12-9-3-1-2-8(4-9)5-15-11-7-14-10(13)6-16-11/h1-4,6-7H,5H2,(H2,13,14)(H,15,16). The van der Waals surface area contributed by atoms with Gasteiger partial charge in [0.15, 0.2) is 0 Å². The molecule has 3 N–H and O–H groups in total. The molecule has 5 heteroatoms. The minimum atomic E-state index is 0.424. The Balaban J connectivity index is 1.99. The van der Waals surface area contributed by atoms with E-state index < -0.39 is 0 Å². The molecule has 0 aliphatic heterocycles. The minimum Gasteiger partial charge on any atom is -0.382 e. The maximum atomic E-state index is 5.45. The van der Waals surface area contributed by atoms with E-state index in [4.69, 9.17) is 5.73 Å². The second-order valence-corrected chi connectivity index (χ2v) is 4.23. The highest BCUT2D eigenvalue weighted by Gasteiger charge is 1.96. The first-order valence-corrected chi connectivity index (χ1v) is 5.59. The Morgan fingerprint density at radius 3 is 2.81 bits per heavy atom. The quantitative estimate of drug-likeness (QED) is 0.905. The van der Waals surface area contributed by atoms with Crippen LogP contribution < -0.4 is 11.1 Å². The van der Waals surface area contributed by atoms with Crippen molar-refractivity contribution in [2.75, 3.05) is 11.1 Å². The third-order valence-electron chi connectivity index (χ3n) is 2.03. The zero-order valence-electron chi connectivity index (χ0n) is 8.52. The zero-order chi connectivity index (χ0) is 11.4. The number of hydrogen-bond acceptors (Lipinski definition) is 4. The first-order chi connectivity index (χ1) is 7.74. The van der Waals surface area contributed by atoms with Crippen LogP contribution in [0.5, 0.6) is 0 Å². The smallest absolute Gasteiger partial charge is 0.144 e. The van der Waals surface area contributed by atoms with E-state index in [0.29, 0.717) is 18.2 Å². The lowest BCUT2D eigenvalue weighted by Gasteiger charge is -2.05. The number of benzene rings is 1. The molecular weight excluding hydrogens is 268 g/mol. The van der Waals surface area contributed by atoms with Crippen molar-refractivity contribution in [1.82, 2.24) is 9.97 Å². The average Bonchev–Trinajstić information content (AvgIpc) is 2.28.